The lowest BCUT2D eigenvalue weighted by atomic mass is 10.1. The number of hydrazine groups is 1. The molecule has 1 aliphatic rings. The molecule has 3 rings (SSSR count). The highest BCUT2D eigenvalue weighted by molar-refractivity contribution is 5.92. The van der Waals surface area contributed by atoms with E-state index >= 15 is 0 Å². The van der Waals surface area contributed by atoms with Crippen LogP contribution in [0.15, 0.2) is 54.6 Å². The summed E-state index contributed by atoms with van der Waals surface area (Å²) >= 11 is 0. The van der Waals surface area contributed by atoms with Crippen molar-refractivity contribution in [1.29, 1.82) is 0 Å². The maximum atomic E-state index is 13.1. The number of para-hydroxylation sites is 1. The van der Waals surface area contributed by atoms with E-state index in [-0.39, 0.29) is 11.9 Å². The monoisotopic (exact) mass is 382 g/mol. The first-order valence-corrected chi connectivity index (χ1v) is 9.44. The predicted octanol–water partition coefficient (Wildman–Crippen LogP) is 2.07. The molecule has 1 heterocycles. The Morgan fingerprint density at radius 1 is 1.00 bits per heavy atom. The van der Waals surface area contributed by atoms with E-state index in [1.165, 1.54) is 0 Å². The van der Waals surface area contributed by atoms with Gasteiger partial charge in [0.25, 0.3) is 0 Å². The second-order valence-electron chi connectivity index (χ2n) is 6.69. The van der Waals surface area contributed by atoms with E-state index in [0.29, 0.717) is 45.7 Å². The largest absolute Gasteiger partial charge is 0.378 e. The maximum Gasteiger partial charge on any atom is 0.324 e. The molecule has 148 valence electrons. The van der Waals surface area contributed by atoms with Crippen molar-refractivity contribution < 1.29 is 14.3 Å². The van der Waals surface area contributed by atoms with Crippen molar-refractivity contribution in [2.75, 3.05) is 31.2 Å². The van der Waals surface area contributed by atoms with Gasteiger partial charge in [0.2, 0.25) is 5.91 Å². The van der Waals surface area contributed by atoms with Crippen molar-refractivity contribution in [3.63, 3.8) is 0 Å². The zero-order valence-corrected chi connectivity index (χ0v) is 15.8. The van der Waals surface area contributed by atoms with E-state index < -0.39 is 0 Å². The van der Waals surface area contributed by atoms with Crippen molar-refractivity contribution in [2.45, 2.75) is 19.4 Å². The third kappa shape index (κ3) is 5.31. The van der Waals surface area contributed by atoms with E-state index in [4.69, 9.17) is 10.6 Å². The smallest absolute Gasteiger partial charge is 0.324 e. The lowest BCUT2D eigenvalue weighted by Crippen LogP contribution is -2.48. The second-order valence-corrected chi connectivity index (χ2v) is 6.69. The molecule has 28 heavy (non-hydrogen) atoms. The van der Waals surface area contributed by atoms with E-state index in [0.717, 1.165) is 16.8 Å². The first-order valence-electron chi connectivity index (χ1n) is 9.44. The molecule has 0 unspecified atom stereocenters. The Labute approximate surface area is 165 Å². The standard InChI is InChI=1S/C21H26N4O3/c22-23-20(26)11-10-17-6-8-18(9-7-17)16-25(19-4-2-1-3-5-19)21(27)24-12-14-28-15-13-24/h1-9H,10-16,22H2,(H,23,26). The third-order valence-corrected chi connectivity index (χ3v) is 4.75. The zero-order chi connectivity index (χ0) is 19.8. The summed E-state index contributed by atoms with van der Waals surface area (Å²) in [6, 6.07) is 17.6. The fourth-order valence-corrected chi connectivity index (χ4v) is 3.13. The highest BCUT2D eigenvalue weighted by atomic mass is 16.5. The summed E-state index contributed by atoms with van der Waals surface area (Å²) in [5.74, 6) is 4.93. The number of nitrogens with two attached hydrogens (primary N) is 1. The van der Waals surface area contributed by atoms with Crippen LogP contribution in [0.5, 0.6) is 0 Å². The zero-order valence-electron chi connectivity index (χ0n) is 15.8. The van der Waals surface area contributed by atoms with Crippen LogP contribution >= 0.6 is 0 Å². The van der Waals surface area contributed by atoms with Crippen molar-refractivity contribution in [1.82, 2.24) is 10.3 Å². The molecule has 1 fully saturated rings. The van der Waals surface area contributed by atoms with Crippen LogP contribution in [-0.4, -0.2) is 43.1 Å². The van der Waals surface area contributed by atoms with E-state index in [1.54, 1.807) is 4.90 Å². The summed E-state index contributed by atoms with van der Waals surface area (Å²) in [6.45, 7) is 2.82. The normalized spacial score (nSPS) is 13.8. The van der Waals surface area contributed by atoms with E-state index in [9.17, 15) is 9.59 Å². The number of morpholine rings is 1. The number of hydrogen-bond donors (Lipinski definition) is 2. The Kier molecular flexibility index (Phi) is 7.00. The minimum absolute atomic E-state index is 0.0156. The Hall–Kier alpha value is -2.90. The molecule has 0 saturated carbocycles. The minimum atomic E-state index is -0.185. The van der Waals surface area contributed by atoms with E-state index in [2.05, 4.69) is 5.43 Å². The Bertz CT molecular complexity index is 774. The third-order valence-electron chi connectivity index (χ3n) is 4.75. The van der Waals surface area contributed by atoms with Gasteiger partial charge in [-0.05, 0) is 29.7 Å². The molecule has 1 aliphatic heterocycles. The van der Waals surface area contributed by atoms with Crippen molar-refractivity contribution in [3.05, 3.63) is 65.7 Å². The number of amides is 3. The van der Waals surface area contributed by atoms with Gasteiger partial charge in [-0.25, -0.2) is 10.6 Å². The van der Waals surface area contributed by atoms with Crippen LogP contribution in [0.4, 0.5) is 10.5 Å². The molecule has 2 aromatic rings. The van der Waals surface area contributed by atoms with Crippen LogP contribution in [-0.2, 0) is 22.5 Å². The van der Waals surface area contributed by atoms with Gasteiger partial charge >= 0.3 is 6.03 Å². The number of nitrogens with one attached hydrogen (secondary N) is 1. The SMILES string of the molecule is NNC(=O)CCc1ccc(CN(C(=O)N2CCOCC2)c2ccccc2)cc1. The van der Waals surface area contributed by atoms with Crippen LogP contribution < -0.4 is 16.2 Å². The highest BCUT2D eigenvalue weighted by Gasteiger charge is 2.24. The molecule has 7 heteroatoms. The van der Waals surface area contributed by atoms with Gasteiger partial charge in [0, 0.05) is 25.2 Å². The van der Waals surface area contributed by atoms with Gasteiger partial charge in [-0.1, -0.05) is 42.5 Å². The number of anilines is 1. The van der Waals surface area contributed by atoms with Crippen LogP contribution in [0.3, 0.4) is 0 Å². The lowest BCUT2D eigenvalue weighted by molar-refractivity contribution is -0.121. The van der Waals surface area contributed by atoms with Gasteiger partial charge in [0.05, 0.1) is 19.8 Å². The van der Waals surface area contributed by atoms with Crippen molar-refractivity contribution >= 4 is 17.6 Å². The van der Waals surface area contributed by atoms with Gasteiger partial charge in [-0.3, -0.25) is 15.1 Å². The van der Waals surface area contributed by atoms with Gasteiger partial charge in [0.1, 0.15) is 0 Å². The van der Waals surface area contributed by atoms with Crippen LogP contribution in [0, 0.1) is 0 Å². The highest BCUT2D eigenvalue weighted by Crippen LogP contribution is 2.20. The molecule has 0 aliphatic carbocycles. The lowest BCUT2D eigenvalue weighted by Gasteiger charge is -2.33. The number of nitrogens with zero attached hydrogens (tertiary/aromatic N) is 2. The number of ether oxygens (including phenoxy) is 1. The second kappa shape index (κ2) is 9.87. The fourth-order valence-electron chi connectivity index (χ4n) is 3.13. The average Bonchev–Trinajstić information content (AvgIpc) is 2.77. The summed E-state index contributed by atoms with van der Waals surface area (Å²) in [5, 5.41) is 0. The molecule has 1 saturated heterocycles. The minimum Gasteiger partial charge on any atom is -0.378 e. The molecule has 0 spiro atoms. The summed E-state index contributed by atoms with van der Waals surface area (Å²) in [5.41, 5.74) is 5.08. The summed E-state index contributed by atoms with van der Waals surface area (Å²) in [4.78, 5) is 28.0. The molecule has 0 bridgehead atoms. The van der Waals surface area contributed by atoms with Crippen LogP contribution in [0.1, 0.15) is 17.5 Å². The molecule has 0 radical (unpaired) electrons. The average molecular weight is 382 g/mol. The molecule has 0 aromatic heterocycles. The molecule has 3 N–H and O–H groups in total. The number of rotatable bonds is 6. The number of hydrogen-bond acceptors (Lipinski definition) is 4. The summed E-state index contributed by atoms with van der Waals surface area (Å²) in [6.07, 6.45) is 0.972. The fraction of sp³-hybridized carbons (Fsp3) is 0.333. The molecule has 3 amide bonds. The summed E-state index contributed by atoms with van der Waals surface area (Å²) in [7, 11) is 0. The quantitative estimate of drug-likeness (QED) is 0.455. The van der Waals surface area contributed by atoms with Gasteiger partial charge < -0.3 is 9.64 Å². The van der Waals surface area contributed by atoms with Gasteiger partial charge in [-0.15, -0.1) is 0 Å². The Morgan fingerprint density at radius 3 is 2.29 bits per heavy atom. The maximum absolute atomic E-state index is 13.1. The predicted molar refractivity (Wildman–Crippen MR) is 108 cm³/mol. The number of urea groups is 1. The molecule has 7 nitrogen and oxygen atoms in total. The Balaban J connectivity index is 1.72. The van der Waals surface area contributed by atoms with Crippen molar-refractivity contribution in [3.8, 4) is 0 Å². The molecule has 0 atom stereocenters. The number of benzene rings is 2. The van der Waals surface area contributed by atoms with Crippen LogP contribution in [0.2, 0.25) is 0 Å². The molecular formula is C21H26N4O3. The van der Waals surface area contributed by atoms with Gasteiger partial charge in [-0.2, -0.15) is 0 Å². The molecular weight excluding hydrogens is 356 g/mol. The number of aryl methyl sites for hydroxylation is 1. The topological polar surface area (TPSA) is 87.9 Å². The molecule has 2 aromatic carbocycles. The first kappa shape index (κ1) is 19.9. The van der Waals surface area contributed by atoms with Crippen molar-refractivity contribution in [2.24, 2.45) is 5.84 Å². The first-order chi connectivity index (χ1) is 13.7. The summed E-state index contributed by atoms with van der Waals surface area (Å²) < 4.78 is 5.37. The van der Waals surface area contributed by atoms with E-state index in [1.807, 2.05) is 59.5 Å². The van der Waals surface area contributed by atoms with Crippen LogP contribution in [0.25, 0.3) is 0 Å². The Morgan fingerprint density at radius 2 is 1.64 bits per heavy atom. The number of carbonyl (C=O) groups is 2. The van der Waals surface area contributed by atoms with Gasteiger partial charge in [0.15, 0.2) is 0 Å². The number of carbonyl (C=O) groups excluding carboxylic acids is 2.